The summed E-state index contributed by atoms with van der Waals surface area (Å²) in [6, 6.07) is 3.73. The summed E-state index contributed by atoms with van der Waals surface area (Å²) >= 11 is 5.85. The van der Waals surface area contributed by atoms with Gasteiger partial charge in [0.25, 0.3) is 0 Å². The van der Waals surface area contributed by atoms with Gasteiger partial charge >= 0.3 is 5.69 Å². The maximum absolute atomic E-state index is 13.4. The third-order valence-electron chi connectivity index (χ3n) is 2.52. The van der Waals surface area contributed by atoms with Gasteiger partial charge in [-0.15, -0.1) is 16.7 Å². The number of alkyl halides is 1. The number of rotatable bonds is 4. The van der Waals surface area contributed by atoms with Crippen LogP contribution >= 0.6 is 11.6 Å². The zero-order valence-corrected chi connectivity index (χ0v) is 10.7. The Bertz CT molecular complexity index is 614. The normalized spacial score (nSPS) is 12.4. The maximum Gasteiger partial charge on any atom is 0.304 e. The predicted molar refractivity (Wildman–Crippen MR) is 66.4 cm³/mol. The highest BCUT2D eigenvalue weighted by molar-refractivity contribution is 6.20. The highest BCUT2D eigenvalue weighted by Crippen LogP contribution is 2.19. The first-order valence-corrected chi connectivity index (χ1v) is 5.88. The average Bonchev–Trinajstić information content (AvgIpc) is 2.77. The Kier molecular flexibility index (Phi) is 3.75. The molecule has 0 N–H and O–H groups in total. The molecular formula is C11H10ClFN4O2. The standard InChI is InChI=1S/C11H10ClFN4O2/c1-7(12)10-6-16(15-14-10)5-8-2-3-11(17(18)19)9(13)4-8/h2-4,6-7H,5H2,1H3. The fourth-order valence-electron chi connectivity index (χ4n) is 1.56. The van der Waals surface area contributed by atoms with Crippen LogP contribution in [-0.4, -0.2) is 19.9 Å². The first-order valence-electron chi connectivity index (χ1n) is 5.44. The van der Waals surface area contributed by atoms with Crippen molar-refractivity contribution in [1.29, 1.82) is 0 Å². The molecule has 0 saturated carbocycles. The molecule has 6 nitrogen and oxygen atoms in total. The second-order valence-corrected chi connectivity index (χ2v) is 4.65. The molecule has 2 aromatic rings. The summed E-state index contributed by atoms with van der Waals surface area (Å²) in [7, 11) is 0. The van der Waals surface area contributed by atoms with Gasteiger partial charge in [-0.25, -0.2) is 4.68 Å². The van der Waals surface area contributed by atoms with Crippen LogP contribution in [0.4, 0.5) is 10.1 Å². The molecule has 0 saturated heterocycles. The number of hydrogen-bond acceptors (Lipinski definition) is 4. The Balaban J connectivity index is 2.19. The van der Waals surface area contributed by atoms with Crippen LogP contribution in [0.5, 0.6) is 0 Å². The zero-order chi connectivity index (χ0) is 14.0. The van der Waals surface area contributed by atoms with Crippen LogP contribution in [-0.2, 0) is 6.54 Å². The minimum absolute atomic E-state index is 0.262. The first-order chi connectivity index (χ1) is 8.97. The Morgan fingerprint density at radius 2 is 2.32 bits per heavy atom. The van der Waals surface area contributed by atoms with E-state index in [1.165, 1.54) is 10.7 Å². The zero-order valence-electron chi connectivity index (χ0n) is 9.96. The third kappa shape index (κ3) is 3.05. The van der Waals surface area contributed by atoms with Gasteiger partial charge in [-0.05, 0) is 18.6 Å². The number of hydrogen-bond donors (Lipinski definition) is 0. The van der Waals surface area contributed by atoms with Crippen molar-refractivity contribution in [3.8, 4) is 0 Å². The van der Waals surface area contributed by atoms with Gasteiger partial charge in [0.05, 0.1) is 23.0 Å². The fraction of sp³-hybridized carbons (Fsp3) is 0.273. The lowest BCUT2D eigenvalue weighted by atomic mass is 10.2. The molecule has 1 unspecified atom stereocenters. The van der Waals surface area contributed by atoms with Gasteiger partial charge < -0.3 is 0 Å². The van der Waals surface area contributed by atoms with Crippen LogP contribution in [0.3, 0.4) is 0 Å². The smallest absolute Gasteiger partial charge is 0.258 e. The lowest BCUT2D eigenvalue weighted by Crippen LogP contribution is -2.02. The molecule has 8 heteroatoms. The number of aromatic nitrogens is 3. The van der Waals surface area contributed by atoms with Gasteiger partial charge in [0.15, 0.2) is 0 Å². The third-order valence-corrected chi connectivity index (χ3v) is 2.74. The molecular weight excluding hydrogens is 275 g/mol. The summed E-state index contributed by atoms with van der Waals surface area (Å²) in [4.78, 5) is 9.73. The Morgan fingerprint density at radius 3 is 2.84 bits per heavy atom. The SMILES string of the molecule is CC(Cl)c1cn(Cc2ccc([N+](=O)[O-])c(F)c2)nn1. The largest absolute Gasteiger partial charge is 0.304 e. The van der Waals surface area contributed by atoms with Crippen molar-refractivity contribution in [2.45, 2.75) is 18.8 Å². The monoisotopic (exact) mass is 284 g/mol. The van der Waals surface area contributed by atoms with Crippen molar-refractivity contribution in [2.24, 2.45) is 0 Å². The predicted octanol–water partition coefficient (Wildman–Crippen LogP) is 2.67. The lowest BCUT2D eigenvalue weighted by Gasteiger charge is -2.01. The van der Waals surface area contributed by atoms with Crippen molar-refractivity contribution >= 4 is 17.3 Å². The molecule has 0 aliphatic heterocycles. The van der Waals surface area contributed by atoms with Gasteiger partial charge in [-0.1, -0.05) is 11.3 Å². The summed E-state index contributed by atoms with van der Waals surface area (Å²) in [5.74, 6) is -0.867. The Morgan fingerprint density at radius 1 is 1.58 bits per heavy atom. The number of nitrogens with zero attached hydrogens (tertiary/aromatic N) is 4. The lowest BCUT2D eigenvalue weighted by molar-refractivity contribution is -0.387. The second-order valence-electron chi connectivity index (χ2n) is 4.00. The van der Waals surface area contributed by atoms with E-state index in [9.17, 15) is 14.5 Å². The molecule has 0 aliphatic carbocycles. The van der Waals surface area contributed by atoms with Crippen LogP contribution in [0.15, 0.2) is 24.4 Å². The van der Waals surface area contributed by atoms with E-state index in [0.29, 0.717) is 11.3 Å². The number of nitro groups is 1. The van der Waals surface area contributed by atoms with Gasteiger partial charge in [0.2, 0.25) is 5.82 Å². The topological polar surface area (TPSA) is 73.8 Å². The van der Waals surface area contributed by atoms with Gasteiger partial charge in [0.1, 0.15) is 5.69 Å². The summed E-state index contributed by atoms with van der Waals surface area (Å²) in [6.45, 7) is 2.03. The molecule has 1 aromatic heterocycles. The van der Waals surface area contributed by atoms with E-state index < -0.39 is 16.4 Å². The highest BCUT2D eigenvalue weighted by atomic mass is 35.5. The van der Waals surface area contributed by atoms with Crippen molar-refractivity contribution < 1.29 is 9.31 Å². The summed E-state index contributed by atoms with van der Waals surface area (Å²) < 4.78 is 14.9. The minimum atomic E-state index is -0.867. The van der Waals surface area contributed by atoms with Crippen molar-refractivity contribution in [2.75, 3.05) is 0 Å². The van der Waals surface area contributed by atoms with Gasteiger partial charge in [0, 0.05) is 6.07 Å². The number of benzene rings is 1. The van der Waals surface area contributed by atoms with Crippen LogP contribution in [0.2, 0.25) is 0 Å². The van der Waals surface area contributed by atoms with Crippen molar-refractivity contribution in [1.82, 2.24) is 15.0 Å². The molecule has 19 heavy (non-hydrogen) atoms. The molecule has 0 spiro atoms. The van der Waals surface area contributed by atoms with Crippen molar-refractivity contribution in [3.63, 3.8) is 0 Å². The summed E-state index contributed by atoms with van der Waals surface area (Å²) in [6.07, 6.45) is 1.65. The molecule has 0 bridgehead atoms. The highest BCUT2D eigenvalue weighted by Gasteiger charge is 2.14. The minimum Gasteiger partial charge on any atom is -0.258 e. The number of nitro benzene ring substituents is 1. The van der Waals surface area contributed by atoms with E-state index in [1.54, 1.807) is 13.1 Å². The molecule has 0 radical (unpaired) electrons. The molecule has 0 aliphatic rings. The summed E-state index contributed by atoms with van der Waals surface area (Å²) in [5.41, 5.74) is 0.628. The quantitative estimate of drug-likeness (QED) is 0.491. The van der Waals surface area contributed by atoms with E-state index in [4.69, 9.17) is 11.6 Å². The Labute approximate surface area is 113 Å². The van der Waals surface area contributed by atoms with Gasteiger partial charge in [-0.3, -0.25) is 10.1 Å². The number of halogens is 2. The average molecular weight is 285 g/mol. The van der Waals surface area contributed by atoms with E-state index in [0.717, 1.165) is 12.1 Å². The second kappa shape index (κ2) is 5.31. The molecule has 2 rings (SSSR count). The van der Waals surface area contributed by atoms with E-state index in [2.05, 4.69) is 10.3 Å². The van der Waals surface area contributed by atoms with Crippen LogP contribution < -0.4 is 0 Å². The molecule has 1 atom stereocenters. The maximum atomic E-state index is 13.4. The van der Waals surface area contributed by atoms with E-state index in [1.807, 2.05) is 0 Å². The Hall–Kier alpha value is -2.02. The molecule has 1 aromatic carbocycles. The van der Waals surface area contributed by atoms with Crippen LogP contribution in [0.25, 0.3) is 0 Å². The van der Waals surface area contributed by atoms with Crippen molar-refractivity contribution in [3.05, 3.63) is 51.6 Å². The molecule has 1 heterocycles. The van der Waals surface area contributed by atoms with E-state index in [-0.39, 0.29) is 11.9 Å². The first kappa shape index (κ1) is 13.4. The molecule has 100 valence electrons. The summed E-state index contributed by atoms with van der Waals surface area (Å²) in [5, 5.41) is 17.9. The fourth-order valence-corrected chi connectivity index (χ4v) is 1.66. The van der Waals surface area contributed by atoms with Crippen LogP contribution in [0.1, 0.15) is 23.6 Å². The van der Waals surface area contributed by atoms with Gasteiger partial charge in [-0.2, -0.15) is 4.39 Å². The van der Waals surface area contributed by atoms with Crippen LogP contribution in [0, 0.1) is 15.9 Å². The molecule has 0 amide bonds. The molecule has 0 fully saturated rings. The van der Waals surface area contributed by atoms with E-state index >= 15 is 0 Å².